The molecule has 2 aliphatic rings. The van der Waals surface area contributed by atoms with Crippen molar-refractivity contribution < 1.29 is 14.3 Å². The Labute approximate surface area is 120 Å². The van der Waals surface area contributed by atoms with E-state index in [-0.39, 0.29) is 11.7 Å². The lowest BCUT2D eigenvalue weighted by Crippen LogP contribution is -2.42. The zero-order chi connectivity index (χ0) is 14.0. The molecule has 0 radical (unpaired) electrons. The topological polar surface area (TPSA) is 35.5 Å². The summed E-state index contributed by atoms with van der Waals surface area (Å²) in [6.45, 7) is 3.37. The van der Waals surface area contributed by atoms with E-state index in [1.54, 1.807) is 0 Å². The van der Waals surface area contributed by atoms with Gasteiger partial charge >= 0.3 is 0 Å². The molecule has 3 nitrogen and oxygen atoms in total. The largest absolute Gasteiger partial charge is 0.493 e. The first-order valence-corrected chi connectivity index (χ1v) is 7.58. The number of hydrogen-bond acceptors (Lipinski definition) is 3. The highest BCUT2D eigenvalue weighted by Crippen LogP contribution is 2.38. The van der Waals surface area contributed by atoms with Crippen LogP contribution in [0.1, 0.15) is 50.5 Å². The van der Waals surface area contributed by atoms with Gasteiger partial charge in [0.05, 0.1) is 6.61 Å². The number of hydrogen-bond donors (Lipinski definition) is 0. The van der Waals surface area contributed by atoms with Gasteiger partial charge in [-0.05, 0) is 50.2 Å². The molecule has 20 heavy (non-hydrogen) atoms. The second-order valence-electron chi connectivity index (χ2n) is 6.04. The Morgan fingerprint density at radius 1 is 1.30 bits per heavy atom. The van der Waals surface area contributed by atoms with Crippen molar-refractivity contribution in [2.45, 2.75) is 50.5 Å². The molecule has 1 aromatic rings. The molecule has 0 saturated carbocycles. The van der Waals surface area contributed by atoms with Crippen molar-refractivity contribution in [3.63, 3.8) is 0 Å². The number of fused-ring (bicyclic) bond motifs is 1. The van der Waals surface area contributed by atoms with E-state index in [4.69, 9.17) is 9.47 Å². The molecule has 1 aromatic carbocycles. The summed E-state index contributed by atoms with van der Waals surface area (Å²) in [6.07, 6.45) is 4.50. The van der Waals surface area contributed by atoms with Gasteiger partial charge in [-0.15, -0.1) is 0 Å². The molecule has 1 fully saturated rings. The molecule has 0 amide bonds. The van der Waals surface area contributed by atoms with Crippen molar-refractivity contribution in [1.29, 1.82) is 0 Å². The summed E-state index contributed by atoms with van der Waals surface area (Å²) in [4.78, 5) is 12.6. The summed E-state index contributed by atoms with van der Waals surface area (Å²) in [6, 6.07) is 8.07. The van der Waals surface area contributed by atoms with E-state index < -0.39 is 5.60 Å². The van der Waals surface area contributed by atoms with Gasteiger partial charge in [-0.2, -0.15) is 0 Å². The van der Waals surface area contributed by atoms with Crippen LogP contribution < -0.4 is 4.74 Å². The fourth-order valence-corrected chi connectivity index (χ4v) is 3.22. The molecule has 0 aliphatic carbocycles. The highest BCUT2D eigenvalue weighted by atomic mass is 16.5. The van der Waals surface area contributed by atoms with Crippen molar-refractivity contribution in [1.82, 2.24) is 0 Å². The fraction of sp³-hybridized carbons (Fsp3) is 0.588. The van der Waals surface area contributed by atoms with Crippen molar-refractivity contribution >= 4 is 5.78 Å². The summed E-state index contributed by atoms with van der Waals surface area (Å²) in [5.41, 5.74) is 0.609. The molecule has 2 unspecified atom stereocenters. The third-order valence-electron chi connectivity index (χ3n) is 4.57. The van der Waals surface area contributed by atoms with Gasteiger partial charge in [-0.3, -0.25) is 4.79 Å². The lowest BCUT2D eigenvalue weighted by molar-refractivity contribution is -0.148. The molecule has 0 bridgehead atoms. The molecule has 108 valence electrons. The monoisotopic (exact) mass is 274 g/mol. The first kappa shape index (κ1) is 13.6. The van der Waals surface area contributed by atoms with E-state index in [2.05, 4.69) is 6.07 Å². The van der Waals surface area contributed by atoms with Crippen LogP contribution in [-0.4, -0.2) is 24.6 Å². The first-order chi connectivity index (χ1) is 9.69. The van der Waals surface area contributed by atoms with Gasteiger partial charge < -0.3 is 9.47 Å². The minimum Gasteiger partial charge on any atom is -0.493 e. The van der Waals surface area contributed by atoms with Crippen LogP contribution in [0, 0.1) is 0 Å². The van der Waals surface area contributed by atoms with Gasteiger partial charge in [0.1, 0.15) is 11.4 Å². The maximum absolute atomic E-state index is 12.6. The molecule has 3 heteroatoms. The zero-order valence-electron chi connectivity index (χ0n) is 12.1. The molecule has 1 saturated heterocycles. The molecule has 2 atom stereocenters. The van der Waals surface area contributed by atoms with Crippen LogP contribution >= 0.6 is 0 Å². The van der Waals surface area contributed by atoms with Crippen LogP contribution in [0.5, 0.6) is 5.75 Å². The lowest BCUT2D eigenvalue weighted by Gasteiger charge is -2.34. The second-order valence-corrected chi connectivity index (χ2v) is 6.04. The van der Waals surface area contributed by atoms with E-state index in [9.17, 15) is 4.79 Å². The Balaban J connectivity index is 1.74. The van der Waals surface area contributed by atoms with Crippen molar-refractivity contribution in [3.05, 3.63) is 29.8 Å². The van der Waals surface area contributed by atoms with Crippen molar-refractivity contribution in [2.24, 2.45) is 0 Å². The van der Waals surface area contributed by atoms with E-state index in [0.717, 1.165) is 31.4 Å². The first-order valence-electron chi connectivity index (χ1n) is 7.58. The summed E-state index contributed by atoms with van der Waals surface area (Å²) in [5, 5.41) is 0. The Kier molecular flexibility index (Phi) is 3.79. The maximum Gasteiger partial charge on any atom is 0.164 e. The van der Waals surface area contributed by atoms with Crippen LogP contribution in [0.4, 0.5) is 0 Å². The van der Waals surface area contributed by atoms with Gasteiger partial charge in [0, 0.05) is 13.0 Å². The Morgan fingerprint density at radius 2 is 2.15 bits per heavy atom. The van der Waals surface area contributed by atoms with E-state index in [1.807, 2.05) is 25.1 Å². The van der Waals surface area contributed by atoms with E-state index in [0.29, 0.717) is 19.6 Å². The molecular formula is C17H22O3. The quantitative estimate of drug-likeness (QED) is 0.846. The van der Waals surface area contributed by atoms with Gasteiger partial charge in [0.2, 0.25) is 0 Å². The third kappa shape index (κ3) is 2.59. The number of ether oxygens (including phenoxy) is 2. The van der Waals surface area contributed by atoms with Crippen LogP contribution in [-0.2, 0) is 9.53 Å². The Morgan fingerprint density at radius 3 is 2.95 bits per heavy atom. The summed E-state index contributed by atoms with van der Waals surface area (Å²) in [7, 11) is 0. The normalized spacial score (nSPS) is 29.4. The SMILES string of the molecule is CC1(C(=O)CC2CCOc3ccccc32)CCCCO1. The summed E-state index contributed by atoms with van der Waals surface area (Å²) < 4.78 is 11.4. The average Bonchev–Trinajstić information content (AvgIpc) is 2.48. The van der Waals surface area contributed by atoms with E-state index >= 15 is 0 Å². The Hall–Kier alpha value is -1.35. The molecule has 0 spiro atoms. The minimum atomic E-state index is -0.564. The highest BCUT2D eigenvalue weighted by molar-refractivity contribution is 5.87. The summed E-state index contributed by atoms with van der Waals surface area (Å²) in [5.74, 6) is 1.46. The van der Waals surface area contributed by atoms with Gasteiger partial charge in [-0.25, -0.2) is 0 Å². The molecular weight excluding hydrogens is 252 g/mol. The van der Waals surface area contributed by atoms with Crippen molar-refractivity contribution in [2.75, 3.05) is 13.2 Å². The zero-order valence-corrected chi connectivity index (χ0v) is 12.1. The minimum absolute atomic E-state index is 0.249. The highest BCUT2D eigenvalue weighted by Gasteiger charge is 2.37. The van der Waals surface area contributed by atoms with Crippen LogP contribution in [0.3, 0.4) is 0 Å². The predicted octanol–water partition coefficient (Wildman–Crippen LogP) is 3.47. The molecule has 0 aromatic heterocycles. The third-order valence-corrected chi connectivity index (χ3v) is 4.57. The molecule has 2 aliphatic heterocycles. The van der Waals surface area contributed by atoms with Crippen molar-refractivity contribution in [3.8, 4) is 5.75 Å². The van der Waals surface area contributed by atoms with Gasteiger partial charge in [0.25, 0.3) is 0 Å². The van der Waals surface area contributed by atoms with Crippen LogP contribution in [0.2, 0.25) is 0 Å². The average molecular weight is 274 g/mol. The fourth-order valence-electron chi connectivity index (χ4n) is 3.22. The standard InChI is InChI=1S/C17H22O3/c1-17(9-4-5-10-20-17)16(18)12-13-8-11-19-15-7-3-2-6-14(13)15/h2-3,6-7,13H,4-5,8-12H2,1H3. The van der Waals surface area contributed by atoms with Gasteiger partial charge in [0.15, 0.2) is 5.78 Å². The number of para-hydroxylation sites is 1. The maximum atomic E-state index is 12.6. The van der Waals surface area contributed by atoms with Crippen LogP contribution in [0.15, 0.2) is 24.3 Å². The molecule has 2 heterocycles. The second kappa shape index (κ2) is 5.57. The number of carbonyl (C=O) groups is 1. The number of ketones is 1. The number of Topliss-reactive ketones (excluding diaryl/α,β-unsaturated/α-hetero) is 1. The number of rotatable bonds is 3. The lowest BCUT2D eigenvalue weighted by atomic mass is 9.82. The number of carbonyl (C=O) groups excluding carboxylic acids is 1. The number of benzene rings is 1. The summed E-state index contributed by atoms with van der Waals surface area (Å²) >= 11 is 0. The Bertz CT molecular complexity index is 489. The van der Waals surface area contributed by atoms with Gasteiger partial charge in [-0.1, -0.05) is 18.2 Å². The smallest absolute Gasteiger partial charge is 0.164 e. The molecule has 0 N–H and O–H groups in total. The van der Waals surface area contributed by atoms with E-state index in [1.165, 1.54) is 5.56 Å². The van der Waals surface area contributed by atoms with Crippen LogP contribution in [0.25, 0.3) is 0 Å². The predicted molar refractivity (Wildman–Crippen MR) is 77.1 cm³/mol. The molecule has 3 rings (SSSR count).